The summed E-state index contributed by atoms with van der Waals surface area (Å²) >= 11 is 6.31. The predicted molar refractivity (Wildman–Crippen MR) is 122 cm³/mol. The fourth-order valence-electron chi connectivity index (χ4n) is 5.85. The molecule has 1 aliphatic heterocycles. The summed E-state index contributed by atoms with van der Waals surface area (Å²) in [7, 11) is 0. The van der Waals surface area contributed by atoms with E-state index < -0.39 is 0 Å². The first-order valence-corrected chi connectivity index (χ1v) is 12.1. The van der Waals surface area contributed by atoms with Gasteiger partial charge in [-0.25, -0.2) is 4.79 Å². The van der Waals surface area contributed by atoms with E-state index in [4.69, 9.17) is 16.3 Å². The van der Waals surface area contributed by atoms with E-state index in [9.17, 15) is 9.59 Å². The molecule has 0 bridgehead atoms. The smallest absolute Gasteiger partial charge is 0.359 e. The van der Waals surface area contributed by atoms with Gasteiger partial charge in [-0.2, -0.15) is 5.10 Å². The lowest BCUT2D eigenvalue weighted by molar-refractivity contribution is -0.133. The Morgan fingerprint density at radius 2 is 2.00 bits per heavy atom. The molecule has 1 aromatic carbocycles. The maximum absolute atomic E-state index is 13.1. The molecule has 0 radical (unpaired) electrons. The van der Waals surface area contributed by atoms with Crippen LogP contribution < -0.4 is 0 Å². The Morgan fingerprint density at radius 3 is 2.72 bits per heavy atom. The molecule has 1 saturated heterocycles. The third-order valence-corrected chi connectivity index (χ3v) is 8.18. The van der Waals surface area contributed by atoms with Gasteiger partial charge < -0.3 is 9.64 Å². The summed E-state index contributed by atoms with van der Waals surface area (Å²) < 4.78 is 7.02. The second-order valence-electron chi connectivity index (χ2n) is 9.45. The molecule has 6 nitrogen and oxygen atoms in total. The van der Waals surface area contributed by atoms with Crippen molar-refractivity contribution in [3.05, 3.63) is 51.3 Å². The highest BCUT2D eigenvalue weighted by Gasteiger charge is 2.56. The number of piperidine rings is 1. The van der Waals surface area contributed by atoms with E-state index in [2.05, 4.69) is 25.0 Å². The lowest BCUT2D eigenvalue weighted by atomic mass is 9.87. The van der Waals surface area contributed by atoms with Crippen molar-refractivity contribution in [2.75, 3.05) is 19.7 Å². The van der Waals surface area contributed by atoms with E-state index >= 15 is 0 Å². The number of halogens is 1. The average molecular weight is 456 g/mol. The third kappa shape index (κ3) is 3.53. The second kappa shape index (κ2) is 8.22. The van der Waals surface area contributed by atoms with Gasteiger partial charge in [0.05, 0.1) is 6.61 Å². The lowest BCUT2D eigenvalue weighted by Crippen LogP contribution is -2.40. The zero-order chi connectivity index (χ0) is 22.6. The zero-order valence-electron chi connectivity index (χ0n) is 18.9. The largest absolute Gasteiger partial charge is 0.461 e. The Kier molecular flexibility index (Phi) is 5.52. The minimum atomic E-state index is -0.368. The number of hydrogen-bond donors (Lipinski definition) is 0. The Morgan fingerprint density at radius 1 is 1.25 bits per heavy atom. The van der Waals surface area contributed by atoms with E-state index in [-0.39, 0.29) is 18.4 Å². The van der Waals surface area contributed by atoms with E-state index in [0.717, 1.165) is 54.2 Å². The molecule has 1 aromatic heterocycles. The quantitative estimate of drug-likeness (QED) is 0.629. The van der Waals surface area contributed by atoms with E-state index in [1.807, 2.05) is 17.0 Å². The lowest BCUT2D eigenvalue weighted by Gasteiger charge is -2.33. The molecular formula is C25H30ClN3O3. The molecule has 0 spiro atoms. The molecule has 1 saturated carbocycles. The Hall–Kier alpha value is -2.34. The van der Waals surface area contributed by atoms with Gasteiger partial charge >= 0.3 is 5.97 Å². The van der Waals surface area contributed by atoms with Gasteiger partial charge in [0.25, 0.3) is 0 Å². The number of amides is 1. The molecule has 2 unspecified atom stereocenters. The number of esters is 1. The van der Waals surface area contributed by atoms with Gasteiger partial charge in [-0.1, -0.05) is 30.7 Å². The normalized spacial score (nSPS) is 24.2. The van der Waals surface area contributed by atoms with Crippen molar-refractivity contribution in [2.24, 2.45) is 11.8 Å². The zero-order valence-corrected chi connectivity index (χ0v) is 19.7. The molecule has 2 heterocycles. The Labute approximate surface area is 193 Å². The van der Waals surface area contributed by atoms with Crippen LogP contribution >= 0.6 is 11.6 Å². The fraction of sp³-hybridized carbons (Fsp3) is 0.560. The van der Waals surface area contributed by atoms with Gasteiger partial charge in [-0.15, -0.1) is 0 Å². The van der Waals surface area contributed by atoms with Crippen molar-refractivity contribution in [2.45, 2.75) is 58.4 Å². The van der Waals surface area contributed by atoms with Crippen LogP contribution in [-0.4, -0.2) is 46.3 Å². The average Bonchev–Trinajstić information content (AvgIpc) is 3.11. The number of ether oxygens (including phenoxy) is 1. The summed E-state index contributed by atoms with van der Waals surface area (Å²) in [4.78, 5) is 27.6. The van der Waals surface area contributed by atoms with Crippen LogP contribution in [-0.2, 0) is 22.5 Å². The minimum Gasteiger partial charge on any atom is -0.461 e. The molecule has 32 heavy (non-hydrogen) atoms. The summed E-state index contributed by atoms with van der Waals surface area (Å²) in [5.41, 5.74) is 4.94. The number of nitrogens with zero attached hydrogens (tertiary/aromatic N) is 3. The van der Waals surface area contributed by atoms with Crippen LogP contribution in [0.5, 0.6) is 0 Å². The first kappa shape index (κ1) is 21.5. The molecule has 170 valence electrons. The molecule has 3 atom stereocenters. The molecule has 2 aromatic rings. The third-order valence-electron chi connectivity index (χ3n) is 7.77. The molecule has 5 rings (SSSR count). The van der Waals surface area contributed by atoms with Crippen molar-refractivity contribution in [1.29, 1.82) is 0 Å². The Bertz CT molecular complexity index is 1070. The van der Waals surface area contributed by atoms with Crippen LogP contribution in [0.4, 0.5) is 0 Å². The summed E-state index contributed by atoms with van der Waals surface area (Å²) in [6.45, 7) is 8.07. The summed E-state index contributed by atoms with van der Waals surface area (Å²) in [6.07, 6.45) is 2.76. The van der Waals surface area contributed by atoms with E-state index in [1.165, 1.54) is 5.56 Å². The van der Waals surface area contributed by atoms with E-state index in [0.29, 0.717) is 36.0 Å². The number of likely N-dealkylation sites (tertiary alicyclic amines) is 1. The molecule has 2 fully saturated rings. The summed E-state index contributed by atoms with van der Waals surface area (Å²) in [5, 5.41) is 5.36. The van der Waals surface area contributed by atoms with Gasteiger partial charge in [0.2, 0.25) is 5.91 Å². The predicted octanol–water partition coefficient (Wildman–Crippen LogP) is 4.33. The van der Waals surface area contributed by atoms with Crippen molar-refractivity contribution < 1.29 is 14.3 Å². The standard InChI is InChI=1S/C25H30ClN3O3/c1-4-32-25(31)24-23-20(12-18-15(3)22(18)23)29(27-24)13-21(30)28-10-8-16(9-11-28)17-6-5-7-19(26)14(17)2/h5-7,15-16,18,22H,4,8-13H2,1-3H3/t15-,18?,22?/m1/s1. The van der Waals surface area contributed by atoms with Crippen LogP contribution in [0.15, 0.2) is 18.2 Å². The van der Waals surface area contributed by atoms with Gasteiger partial charge in [-0.3, -0.25) is 9.48 Å². The molecule has 3 aliphatic rings. The number of carbonyl (C=O) groups is 2. The number of aromatic nitrogens is 2. The van der Waals surface area contributed by atoms with Crippen LogP contribution in [0, 0.1) is 18.8 Å². The number of carbonyl (C=O) groups excluding carboxylic acids is 2. The van der Waals surface area contributed by atoms with Crippen molar-refractivity contribution in [3.8, 4) is 0 Å². The van der Waals surface area contributed by atoms with Gasteiger partial charge in [0, 0.05) is 29.4 Å². The summed E-state index contributed by atoms with van der Waals surface area (Å²) in [5.74, 6) is 1.68. The highest BCUT2D eigenvalue weighted by Crippen LogP contribution is 2.62. The van der Waals surface area contributed by atoms with Crippen LogP contribution in [0.3, 0.4) is 0 Å². The van der Waals surface area contributed by atoms with E-state index in [1.54, 1.807) is 11.6 Å². The van der Waals surface area contributed by atoms with Gasteiger partial charge in [0.15, 0.2) is 5.69 Å². The van der Waals surface area contributed by atoms with Gasteiger partial charge in [-0.05, 0) is 74.0 Å². The molecular weight excluding hydrogens is 426 g/mol. The monoisotopic (exact) mass is 455 g/mol. The number of rotatable bonds is 5. The first-order chi connectivity index (χ1) is 15.4. The topological polar surface area (TPSA) is 64.4 Å². The minimum absolute atomic E-state index is 0.0700. The van der Waals surface area contributed by atoms with Crippen molar-refractivity contribution >= 4 is 23.5 Å². The fourth-order valence-corrected chi connectivity index (χ4v) is 6.03. The maximum Gasteiger partial charge on any atom is 0.359 e. The molecule has 7 heteroatoms. The number of hydrogen-bond acceptors (Lipinski definition) is 4. The molecule has 0 N–H and O–H groups in total. The number of fused-ring (bicyclic) bond motifs is 3. The van der Waals surface area contributed by atoms with Gasteiger partial charge in [0.1, 0.15) is 6.54 Å². The summed E-state index contributed by atoms with van der Waals surface area (Å²) in [6, 6.07) is 6.09. The second-order valence-corrected chi connectivity index (χ2v) is 9.86. The Balaban J connectivity index is 1.28. The van der Waals surface area contributed by atoms with Crippen LogP contribution in [0.25, 0.3) is 0 Å². The highest BCUT2D eigenvalue weighted by molar-refractivity contribution is 6.31. The number of benzene rings is 1. The molecule has 1 amide bonds. The highest BCUT2D eigenvalue weighted by atomic mass is 35.5. The van der Waals surface area contributed by atoms with Crippen molar-refractivity contribution in [1.82, 2.24) is 14.7 Å². The maximum atomic E-state index is 13.1. The van der Waals surface area contributed by atoms with Crippen molar-refractivity contribution in [3.63, 3.8) is 0 Å². The van der Waals surface area contributed by atoms with Crippen LogP contribution in [0.1, 0.15) is 71.4 Å². The molecule has 2 aliphatic carbocycles. The SMILES string of the molecule is CCOC(=O)c1nn(CC(=O)N2CCC(c3cccc(Cl)c3C)CC2)c2c1C1C(C2)[C@H]1C. The first-order valence-electron chi connectivity index (χ1n) is 11.7. The van der Waals surface area contributed by atoms with Crippen LogP contribution in [0.2, 0.25) is 5.02 Å².